The lowest BCUT2D eigenvalue weighted by molar-refractivity contribution is 1.06. The summed E-state index contributed by atoms with van der Waals surface area (Å²) in [5, 5.41) is 7.26. The largest absolute Gasteiger partial charge is 0.309 e. The van der Waals surface area contributed by atoms with E-state index in [2.05, 4.69) is 240 Å². The summed E-state index contributed by atoms with van der Waals surface area (Å²) in [5.74, 6) is 1.85. The van der Waals surface area contributed by atoms with Gasteiger partial charge in [-0.15, -0.1) is 11.3 Å². The van der Waals surface area contributed by atoms with Gasteiger partial charge in [-0.3, -0.25) is 0 Å². The Kier molecular flexibility index (Phi) is 9.00. The first-order valence-corrected chi connectivity index (χ1v) is 24.1. The van der Waals surface area contributed by atoms with Crippen molar-refractivity contribution in [2.75, 3.05) is 0 Å². The summed E-state index contributed by atoms with van der Waals surface area (Å²) in [5.41, 5.74) is 14.1. The Labute approximate surface area is 401 Å². The van der Waals surface area contributed by atoms with Crippen LogP contribution in [0.4, 0.5) is 0 Å². The molecule has 4 aromatic heterocycles. The highest BCUT2D eigenvalue weighted by Crippen LogP contribution is 2.45. The molecule has 0 saturated carbocycles. The molecule has 0 saturated heterocycles. The van der Waals surface area contributed by atoms with Gasteiger partial charge in [-0.2, -0.15) is 0 Å². The van der Waals surface area contributed by atoms with E-state index in [4.69, 9.17) is 15.0 Å². The first-order valence-electron chi connectivity index (χ1n) is 23.3. The van der Waals surface area contributed by atoms with E-state index in [0.717, 1.165) is 50.2 Å². The van der Waals surface area contributed by atoms with E-state index in [9.17, 15) is 0 Å². The molecule has 14 rings (SSSR count). The topological polar surface area (TPSA) is 48.5 Å². The first kappa shape index (κ1) is 39.2. The molecule has 0 bridgehead atoms. The van der Waals surface area contributed by atoms with Crippen LogP contribution in [0.3, 0.4) is 0 Å². The minimum Gasteiger partial charge on any atom is -0.309 e. The predicted octanol–water partition coefficient (Wildman–Crippen LogP) is 16.8. The molecule has 14 aromatic rings. The molecule has 69 heavy (non-hydrogen) atoms. The van der Waals surface area contributed by atoms with Crippen LogP contribution in [0.5, 0.6) is 0 Å². The van der Waals surface area contributed by atoms with Crippen molar-refractivity contribution in [3.63, 3.8) is 0 Å². The maximum atomic E-state index is 5.39. The van der Waals surface area contributed by atoms with Crippen LogP contribution < -0.4 is 0 Å². The van der Waals surface area contributed by atoms with Crippen LogP contribution in [-0.4, -0.2) is 24.1 Å². The van der Waals surface area contributed by atoms with Crippen molar-refractivity contribution in [1.82, 2.24) is 24.1 Å². The third-order valence-electron chi connectivity index (χ3n) is 13.6. The van der Waals surface area contributed by atoms with Gasteiger partial charge in [0.1, 0.15) is 0 Å². The van der Waals surface area contributed by atoms with Crippen LogP contribution in [0.15, 0.2) is 237 Å². The summed E-state index contributed by atoms with van der Waals surface area (Å²) in [6.07, 6.45) is 0. The van der Waals surface area contributed by atoms with Crippen molar-refractivity contribution in [3.8, 4) is 67.8 Å². The van der Waals surface area contributed by atoms with Crippen LogP contribution in [0.1, 0.15) is 0 Å². The zero-order valence-corrected chi connectivity index (χ0v) is 38.0. The van der Waals surface area contributed by atoms with E-state index in [1.807, 2.05) is 17.4 Å². The fraction of sp³-hybridized carbons (Fsp3) is 0. The summed E-state index contributed by atoms with van der Waals surface area (Å²) in [6, 6.07) is 84.5. The van der Waals surface area contributed by atoms with Gasteiger partial charge in [-0.1, -0.05) is 164 Å². The molecular weight excluding hydrogens is 859 g/mol. The molecule has 0 aliphatic rings. The quantitative estimate of drug-likeness (QED) is 0.160. The Morgan fingerprint density at radius 1 is 0.290 bits per heavy atom. The van der Waals surface area contributed by atoms with Crippen LogP contribution >= 0.6 is 11.3 Å². The third kappa shape index (κ3) is 6.34. The Morgan fingerprint density at radius 3 is 1.49 bits per heavy atom. The highest BCUT2D eigenvalue weighted by Gasteiger charge is 2.23. The standard InChI is InChI=1S/C63H39N5S/c1-3-17-40(18-4-1)41-33-35-42(36-34-41)61-64-62(43-37-38-58-51(39-43)45-21-10-14-32-57(45)69-58)66-63(65-61)50-24-9-13-29-54(50)68-53-28-12-8-23-49(53)60-47(26-16-31-56(60)68)46-25-15-30-55-59(46)48-22-7-11-27-52(48)67(55)44-19-5-2-6-20-44/h1-39H. The van der Waals surface area contributed by atoms with Gasteiger partial charge < -0.3 is 9.13 Å². The molecule has 0 atom stereocenters. The van der Waals surface area contributed by atoms with Crippen molar-refractivity contribution in [2.24, 2.45) is 0 Å². The molecule has 0 aliphatic carbocycles. The van der Waals surface area contributed by atoms with E-state index >= 15 is 0 Å². The van der Waals surface area contributed by atoms with E-state index in [1.165, 1.54) is 63.9 Å². The van der Waals surface area contributed by atoms with Gasteiger partial charge in [0.15, 0.2) is 17.5 Å². The second-order valence-corrected chi connectivity index (χ2v) is 18.6. The van der Waals surface area contributed by atoms with E-state index in [-0.39, 0.29) is 0 Å². The number of rotatable bonds is 7. The van der Waals surface area contributed by atoms with Gasteiger partial charge in [0.25, 0.3) is 0 Å². The molecule has 322 valence electrons. The zero-order valence-electron chi connectivity index (χ0n) is 37.2. The summed E-state index contributed by atoms with van der Waals surface area (Å²) >= 11 is 1.81. The molecule has 10 aromatic carbocycles. The number of nitrogens with zero attached hydrogens (tertiary/aromatic N) is 5. The van der Waals surface area contributed by atoms with Gasteiger partial charge in [-0.25, -0.2) is 15.0 Å². The number of para-hydroxylation sites is 4. The number of fused-ring (bicyclic) bond motifs is 9. The number of aromatic nitrogens is 5. The number of thiophene rings is 1. The Hall–Kier alpha value is -8.97. The molecule has 4 heterocycles. The van der Waals surface area contributed by atoms with E-state index in [0.29, 0.717) is 17.5 Å². The summed E-state index contributed by atoms with van der Waals surface area (Å²) in [4.78, 5) is 16.0. The Bertz CT molecular complexity index is 4300. The minimum absolute atomic E-state index is 0.605. The van der Waals surface area contributed by atoms with Crippen molar-refractivity contribution in [2.45, 2.75) is 0 Å². The van der Waals surface area contributed by atoms with Gasteiger partial charge in [0.05, 0.1) is 27.8 Å². The van der Waals surface area contributed by atoms with E-state index < -0.39 is 0 Å². The van der Waals surface area contributed by atoms with Crippen molar-refractivity contribution in [1.29, 1.82) is 0 Å². The Balaban J connectivity index is 0.986. The van der Waals surface area contributed by atoms with E-state index in [1.54, 1.807) is 0 Å². The predicted molar refractivity (Wildman–Crippen MR) is 289 cm³/mol. The summed E-state index contributed by atoms with van der Waals surface area (Å²) in [7, 11) is 0. The Morgan fingerprint density at radius 2 is 0.768 bits per heavy atom. The molecular formula is C63H39N5S. The normalized spacial score (nSPS) is 11.8. The molecule has 0 N–H and O–H groups in total. The van der Waals surface area contributed by atoms with Gasteiger partial charge in [0, 0.05) is 64.1 Å². The smallest absolute Gasteiger partial charge is 0.166 e. The van der Waals surface area contributed by atoms with Crippen molar-refractivity contribution in [3.05, 3.63) is 237 Å². The number of benzene rings is 10. The summed E-state index contributed by atoms with van der Waals surface area (Å²) < 4.78 is 7.29. The number of hydrogen-bond donors (Lipinski definition) is 0. The molecule has 0 amide bonds. The molecule has 0 unspecified atom stereocenters. The van der Waals surface area contributed by atoms with Crippen LogP contribution in [-0.2, 0) is 0 Å². The maximum absolute atomic E-state index is 5.39. The summed E-state index contributed by atoms with van der Waals surface area (Å²) in [6.45, 7) is 0. The third-order valence-corrected chi connectivity index (χ3v) is 14.8. The van der Waals surface area contributed by atoms with Crippen molar-refractivity contribution >= 4 is 75.1 Å². The van der Waals surface area contributed by atoms with Crippen LogP contribution in [0, 0.1) is 0 Å². The second-order valence-electron chi connectivity index (χ2n) is 17.5. The SMILES string of the molecule is c1ccc(-c2ccc(-c3nc(-c4ccc5sc6ccccc6c5c4)nc(-c4ccccc4-n4c5ccccc5c5c(-c6cccc7c6c6ccccc6n7-c6ccccc6)cccc54)n3)cc2)cc1. The van der Waals surface area contributed by atoms with Gasteiger partial charge in [-0.05, 0) is 95.1 Å². The molecule has 0 radical (unpaired) electrons. The number of hydrogen-bond acceptors (Lipinski definition) is 4. The van der Waals surface area contributed by atoms with Gasteiger partial charge >= 0.3 is 0 Å². The minimum atomic E-state index is 0.605. The lowest BCUT2D eigenvalue weighted by atomic mass is 9.95. The molecule has 6 heteroatoms. The highest BCUT2D eigenvalue weighted by atomic mass is 32.1. The fourth-order valence-corrected chi connectivity index (χ4v) is 11.6. The fourth-order valence-electron chi connectivity index (χ4n) is 10.5. The maximum Gasteiger partial charge on any atom is 0.166 e. The molecule has 0 fully saturated rings. The first-order chi connectivity index (χ1) is 34.2. The van der Waals surface area contributed by atoms with Crippen LogP contribution in [0.25, 0.3) is 132 Å². The zero-order chi connectivity index (χ0) is 45.4. The second kappa shape index (κ2) is 15.8. The molecule has 0 aliphatic heterocycles. The van der Waals surface area contributed by atoms with Gasteiger partial charge in [0.2, 0.25) is 0 Å². The average Bonchev–Trinajstić information content (AvgIpc) is 4.09. The lowest BCUT2D eigenvalue weighted by Crippen LogP contribution is -2.03. The average molecular weight is 898 g/mol. The van der Waals surface area contributed by atoms with Crippen LogP contribution in [0.2, 0.25) is 0 Å². The van der Waals surface area contributed by atoms with Crippen molar-refractivity contribution < 1.29 is 0 Å². The lowest BCUT2D eigenvalue weighted by Gasteiger charge is -2.15. The molecule has 0 spiro atoms. The molecule has 5 nitrogen and oxygen atoms in total. The monoisotopic (exact) mass is 897 g/mol. The highest BCUT2D eigenvalue weighted by molar-refractivity contribution is 7.25.